The second-order valence-electron chi connectivity index (χ2n) is 4.05. The fourth-order valence-corrected chi connectivity index (χ4v) is 3.43. The van der Waals surface area contributed by atoms with Crippen molar-refractivity contribution in [3.63, 3.8) is 0 Å². The van der Waals surface area contributed by atoms with Crippen molar-refractivity contribution in [3.05, 3.63) is 45.1 Å². The van der Waals surface area contributed by atoms with Crippen molar-refractivity contribution < 1.29 is 0 Å². The van der Waals surface area contributed by atoms with Gasteiger partial charge in [-0.1, -0.05) is 29.2 Å². The second kappa shape index (κ2) is 5.18. The highest BCUT2D eigenvalue weighted by Gasteiger charge is 2.06. The van der Waals surface area contributed by atoms with Gasteiger partial charge in [-0.25, -0.2) is 0 Å². The summed E-state index contributed by atoms with van der Waals surface area (Å²) < 4.78 is 3.74. The van der Waals surface area contributed by atoms with E-state index < -0.39 is 0 Å². The first-order valence-corrected chi connectivity index (χ1v) is 7.70. The molecule has 7 heteroatoms. The largest absolute Gasteiger partial charge is 0.307 e. The molecule has 0 saturated heterocycles. The number of pyridine rings is 1. The molecule has 0 N–H and O–H groups in total. The Balaban J connectivity index is 1.72. The van der Waals surface area contributed by atoms with Crippen molar-refractivity contribution in [1.82, 2.24) is 19.2 Å². The number of aromatic nitrogens is 4. The zero-order chi connectivity index (χ0) is 13.2. The quantitative estimate of drug-likeness (QED) is 0.691. The Hall–Kier alpha value is -1.60. The lowest BCUT2D eigenvalue weighted by Crippen LogP contribution is -2.15. The van der Waals surface area contributed by atoms with Crippen LogP contribution in [0.4, 0.5) is 0 Å². The summed E-state index contributed by atoms with van der Waals surface area (Å²) in [7, 11) is 0. The van der Waals surface area contributed by atoms with E-state index in [1.165, 1.54) is 11.3 Å². The molecule has 19 heavy (non-hydrogen) atoms. The average molecular weight is 292 g/mol. The molecular weight excluding hydrogens is 280 g/mol. The van der Waals surface area contributed by atoms with Crippen LogP contribution in [-0.2, 0) is 6.54 Å². The molecule has 0 fully saturated rings. The lowest BCUT2D eigenvalue weighted by atomic mass is 10.5. The van der Waals surface area contributed by atoms with Gasteiger partial charge in [0.05, 0.1) is 0 Å². The predicted molar refractivity (Wildman–Crippen MR) is 77.0 cm³/mol. The number of thioether (sulfide) groups is 1. The third kappa shape index (κ3) is 2.43. The van der Waals surface area contributed by atoms with Crippen LogP contribution in [0.25, 0.3) is 5.65 Å². The Labute approximate surface area is 117 Å². The molecule has 98 valence electrons. The van der Waals surface area contributed by atoms with Crippen molar-refractivity contribution in [2.24, 2.45) is 0 Å². The first-order valence-electron chi connectivity index (χ1n) is 5.83. The Morgan fingerprint density at radius 3 is 3.05 bits per heavy atom. The summed E-state index contributed by atoms with van der Waals surface area (Å²) in [6.07, 6.45) is 1.94. The number of hydrogen-bond donors (Lipinski definition) is 0. The molecular formula is C12H12N4OS2. The predicted octanol–water partition coefficient (Wildman–Crippen LogP) is 2.05. The van der Waals surface area contributed by atoms with Gasteiger partial charge in [-0.15, -0.1) is 10.2 Å². The SMILES string of the molecule is Cc1csc(=O)n1CCSc1nnc2ccccn12. The number of nitrogens with zero attached hydrogens (tertiary/aromatic N) is 4. The van der Waals surface area contributed by atoms with Gasteiger partial charge in [-0.2, -0.15) is 0 Å². The molecule has 0 aliphatic heterocycles. The summed E-state index contributed by atoms with van der Waals surface area (Å²) in [5.74, 6) is 0.799. The van der Waals surface area contributed by atoms with E-state index in [0.717, 1.165) is 22.3 Å². The van der Waals surface area contributed by atoms with Gasteiger partial charge in [0, 0.05) is 29.6 Å². The summed E-state index contributed by atoms with van der Waals surface area (Å²) in [5, 5.41) is 11.0. The standard InChI is InChI=1S/C12H12N4OS2/c1-9-8-19-12(17)15(9)6-7-18-11-14-13-10-4-2-3-5-16(10)11/h2-5,8H,6-7H2,1H3. The molecule has 3 aromatic heterocycles. The van der Waals surface area contributed by atoms with Crippen molar-refractivity contribution in [3.8, 4) is 0 Å². The lowest BCUT2D eigenvalue weighted by molar-refractivity contribution is 0.729. The van der Waals surface area contributed by atoms with E-state index in [1.54, 1.807) is 16.3 Å². The molecule has 5 nitrogen and oxygen atoms in total. The van der Waals surface area contributed by atoms with Gasteiger partial charge in [0.15, 0.2) is 10.8 Å². The van der Waals surface area contributed by atoms with Crippen LogP contribution in [0.2, 0.25) is 0 Å². The van der Waals surface area contributed by atoms with Gasteiger partial charge in [0.1, 0.15) is 0 Å². The zero-order valence-electron chi connectivity index (χ0n) is 10.3. The van der Waals surface area contributed by atoms with Crippen LogP contribution >= 0.6 is 23.1 Å². The van der Waals surface area contributed by atoms with E-state index >= 15 is 0 Å². The average Bonchev–Trinajstić information content (AvgIpc) is 2.97. The van der Waals surface area contributed by atoms with Gasteiger partial charge >= 0.3 is 4.87 Å². The molecule has 0 amide bonds. The molecule has 0 aliphatic rings. The van der Waals surface area contributed by atoms with E-state index in [2.05, 4.69) is 10.2 Å². The minimum absolute atomic E-state index is 0.101. The molecule has 0 saturated carbocycles. The summed E-state index contributed by atoms with van der Waals surface area (Å²) in [6.45, 7) is 2.65. The fourth-order valence-electron chi connectivity index (χ4n) is 1.82. The van der Waals surface area contributed by atoms with E-state index in [9.17, 15) is 4.79 Å². The Morgan fingerprint density at radius 1 is 1.37 bits per heavy atom. The molecule has 0 unspecified atom stereocenters. The van der Waals surface area contributed by atoms with Gasteiger partial charge in [-0.05, 0) is 19.1 Å². The molecule has 3 rings (SSSR count). The summed E-state index contributed by atoms with van der Waals surface area (Å²) >= 11 is 2.85. The van der Waals surface area contributed by atoms with Crippen LogP contribution in [0.5, 0.6) is 0 Å². The van der Waals surface area contributed by atoms with E-state index in [4.69, 9.17) is 0 Å². The minimum atomic E-state index is 0.101. The number of fused-ring (bicyclic) bond motifs is 1. The summed E-state index contributed by atoms with van der Waals surface area (Å²) in [6, 6.07) is 5.81. The number of aryl methyl sites for hydroxylation is 1. The Kier molecular flexibility index (Phi) is 3.39. The normalized spacial score (nSPS) is 11.2. The molecule has 0 spiro atoms. The molecule has 3 aromatic rings. The minimum Gasteiger partial charge on any atom is -0.303 e. The molecule has 0 atom stereocenters. The lowest BCUT2D eigenvalue weighted by Gasteiger charge is -2.03. The molecule has 0 radical (unpaired) electrons. The molecule has 0 aliphatic carbocycles. The molecule has 0 bridgehead atoms. The monoisotopic (exact) mass is 292 g/mol. The van der Waals surface area contributed by atoms with E-state index in [-0.39, 0.29) is 4.87 Å². The van der Waals surface area contributed by atoms with Crippen LogP contribution in [0.15, 0.2) is 39.7 Å². The molecule has 3 heterocycles. The highest BCUT2D eigenvalue weighted by Crippen LogP contribution is 2.17. The van der Waals surface area contributed by atoms with Crippen molar-refractivity contribution in [1.29, 1.82) is 0 Å². The Morgan fingerprint density at radius 2 is 2.26 bits per heavy atom. The maximum atomic E-state index is 11.6. The second-order valence-corrected chi connectivity index (χ2v) is 5.94. The van der Waals surface area contributed by atoms with Crippen LogP contribution in [-0.4, -0.2) is 24.9 Å². The summed E-state index contributed by atoms with van der Waals surface area (Å²) in [5.41, 5.74) is 1.86. The third-order valence-corrected chi connectivity index (χ3v) is 4.61. The third-order valence-electron chi connectivity index (χ3n) is 2.80. The van der Waals surface area contributed by atoms with Crippen molar-refractivity contribution >= 4 is 28.7 Å². The highest BCUT2D eigenvalue weighted by molar-refractivity contribution is 7.99. The maximum Gasteiger partial charge on any atom is 0.307 e. The summed E-state index contributed by atoms with van der Waals surface area (Å²) in [4.78, 5) is 11.7. The van der Waals surface area contributed by atoms with Crippen LogP contribution in [0.3, 0.4) is 0 Å². The Bertz CT molecular complexity index is 758. The van der Waals surface area contributed by atoms with Crippen molar-refractivity contribution in [2.75, 3.05) is 5.75 Å². The van der Waals surface area contributed by atoms with E-state index in [1.807, 2.05) is 41.1 Å². The van der Waals surface area contributed by atoms with Crippen molar-refractivity contribution in [2.45, 2.75) is 18.6 Å². The number of rotatable bonds is 4. The number of hydrogen-bond acceptors (Lipinski definition) is 5. The number of thiazole rings is 1. The van der Waals surface area contributed by atoms with Crippen LogP contribution in [0.1, 0.15) is 5.69 Å². The van der Waals surface area contributed by atoms with Crippen LogP contribution in [0, 0.1) is 6.92 Å². The topological polar surface area (TPSA) is 52.2 Å². The first kappa shape index (κ1) is 12.4. The fraction of sp³-hybridized carbons (Fsp3) is 0.250. The first-order chi connectivity index (χ1) is 9.25. The van der Waals surface area contributed by atoms with E-state index in [0.29, 0.717) is 6.54 Å². The molecule has 0 aromatic carbocycles. The van der Waals surface area contributed by atoms with Gasteiger partial charge in [-0.3, -0.25) is 9.20 Å². The van der Waals surface area contributed by atoms with Gasteiger partial charge in [0.2, 0.25) is 0 Å². The van der Waals surface area contributed by atoms with Gasteiger partial charge < -0.3 is 4.57 Å². The van der Waals surface area contributed by atoms with Gasteiger partial charge in [0.25, 0.3) is 0 Å². The van der Waals surface area contributed by atoms with Crippen LogP contribution < -0.4 is 4.87 Å². The zero-order valence-corrected chi connectivity index (χ0v) is 11.9. The maximum absolute atomic E-state index is 11.6. The highest BCUT2D eigenvalue weighted by atomic mass is 32.2. The smallest absolute Gasteiger partial charge is 0.303 e.